The molecule has 0 radical (unpaired) electrons. The van der Waals surface area contributed by atoms with Crippen LogP contribution in [0.25, 0.3) is 0 Å². The van der Waals surface area contributed by atoms with Gasteiger partial charge in [0.25, 0.3) is 0 Å². The van der Waals surface area contributed by atoms with Crippen LogP contribution in [0.3, 0.4) is 0 Å². The van der Waals surface area contributed by atoms with Gasteiger partial charge in [-0.25, -0.2) is 4.39 Å². The second kappa shape index (κ2) is 8.59. The largest absolute Gasteiger partial charge is 0.316 e. The number of hydrogen-bond donors (Lipinski definition) is 1. The molecule has 1 N–H and O–H groups in total. The van der Waals surface area contributed by atoms with Gasteiger partial charge in [-0.3, -0.25) is 0 Å². The molecular formula is C13H20FNS. The van der Waals surface area contributed by atoms with E-state index in [9.17, 15) is 4.39 Å². The maximum absolute atomic E-state index is 12.9. The molecule has 0 aromatic heterocycles. The van der Waals surface area contributed by atoms with Crippen molar-refractivity contribution in [3.8, 4) is 0 Å². The maximum Gasteiger partial charge on any atom is 0.123 e. The van der Waals surface area contributed by atoms with Crippen LogP contribution in [0.5, 0.6) is 0 Å². The van der Waals surface area contributed by atoms with Crippen LogP contribution in [0.1, 0.15) is 18.9 Å². The normalized spacial score (nSPS) is 10.6. The number of rotatable bonds is 8. The van der Waals surface area contributed by atoms with Gasteiger partial charge in [-0.1, -0.05) is 19.1 Å². The third-order valence-electron chi connectivity index (χ3n) is 2.33. The van der Waals surface area contributed by atoms with Crippen molar-refractivity contribution in [1.82, 2.24) is 5.32 Å². The predicted octanol–water partition coefficient (Wildman–Crippen LogP) is 3.10. The van der Waals surface area contributed by atoms with Crippen molar-refractivity contribution in [3.63, 3.8) is 0 Å². The molecule has 1 aromatic carbocycles. The summed E-state index contributed by atoms with van der Waals surface area (Å²) in [5.41, 5.74) is 1.07. The van der Waals surface area contributed by atoms with Crippen LogP contribution in [-0.2, 0) is 6.42 Å². The molecule has 0 aliphatic rings. The SMILES string of the molecule is CCSCCCNCCc1cccc(F)c1. The highest BCUT2D eigenvalue weighted by molar-refractivity contribution is 7.99. The van der Waals surface area contributed by atoms with Crippen molar-refractivity contribution in [3.05, 3.63) is 35.6 Å². The lowest BCUT2D eigenvalue weighted by Gasteiger charge is -2.04. The van der Waals surface area contributed by atoms with Gasteiger partial charge < -0.3 is 5.32 Å². The maximum atomic E-state index is 12.9. The monoisotopic (exact) mass is 241 g/mol. The highest BCUT2D eigenvalue weighted by atomic mass is 32.2. The first kappa shape index (κ1) is 13.5. The smallest absolute Gasteiger partial charge is 0.123 e. The van der Waals surface area contributed by atoms with Gasteiger partial charge in [-0.2, -0.15) is 11.8 Å². The Balaban J connectivity index is 2.03. The summed E-state index contributed by atoms with van der Waals surface area (Å²) in [6.45, 7) is 4.17. The first-order valence-corrected chi connectivity index (χ1v) is 7.01. The van der Waals surface area contributed by atoms with E-state index in [0.29, 0.717) is 0 Å². The molecule has 0 heterocycles. The minimum atomic E-state index is -0.142. The third kappa shape index (κ3) is 6.13. The fraction of sp³-hybridized carbons (Fsp3) is 0.538. The zero-order chi connectivity index (χ0) is 11.6. The van der Waals surface area contributed by atoms with Crippen molar-refractivity contribution in [2.45, 2.75) is 19.8 Å². The summed E-state index contributed by atoms with van der Waals surface area (Å²) in [6.07, 6.45) is 2.11. The zero-order valence-electron chi connectivity index (χ0n) is 9.84. The molecule has 0 unspecified atom stereocenters. The van der Waals surface area contributed by atoms with Crippen LogP contribution >= 0.6 is 11.8 Å². The first-order valence-electron chi connectivity index (χ1n) is 5.86. The Morgan fingerprint density at radius 2 is 2.19 bits per heavy atom. The molecule has 0 saturated carbocycles. The number of benzene rings is 1. The van der Waals surface area contributed by atoms with Gasteiger partial charge >= 0.3 is 0 Å². The van der Waals surface area contributed by atoms with Crippen molar-refractivity contribution >= 4 is 11.8 Å². The van der Waals surface area contributed by atoms with E-state index in [2.05, 4.69) is 12.2 Å². The molecule has 0 aliphatic carbocycles. The molecule has 1 nitrogen and oxygen atoms in total. The summed E-state index contributed by atoms with van der Waals surface area (Å²) in [4.78, 5) is 0. The Hall–Kier alpha value is -0.540. The van der Waals surface area contributed by atoms with Crippen molar-refractivity contribution < 1.29 is 4.39 Å². The molecule has 0 spiro atoms. The standard InChI is InChI=1S/C13H20FNS/c1-2-16-10-4-8-15-9-7-12-5-3-6-13(14)11-12/h3,5-6,11,15H,2,4,7-10H2,1H3. The lowest BCUT2D eigenvalue weighted by molar-refractivity contribution is 0.622. The summed E-state index contributed by atoms with van der Waals surface area (Å²) in [5.74, 6) is 2.28. The quantitative estimate of drug-likeness (QED) is 0.702. The summed E-state index contributed by atoms with van der Waals surface area (Å²) < 4.78 is 12.9. The van der Waals surface area contributed by atoms with Crippen LogP contribution in [0.2, 0.25) is 0 Å². The summed E-state index contributed by atoms with van der Waals surface area (Å²) in [6, 6.07) is 6.83. The first-order chi connectivity index (χ1) is 7.83. The average molecular weight is 241 g/mol. The van der Waals surface area contributed by atoms with Gasteiger partial charge in [-0.15, -0.1) is 0 Å². The molecule has 0 atom stereocenters. The van der Waals surface area contributed by atoms with Gasteiger partial charge in [0.2, 0.25) is 0 Å². The Morgan fingerprint density at radius 3 is 2.94 bits per heavy atom. The molecule has 0 saturated heterocycles. The van der Waals surface area contributed by atoms with Crippen molar-refractivity contribution in [2.75, 3.05) is 24.6 Å². The third-order valence-corrected chi connectivity index (χ3v) is 3.31. The van der Waals surface area contributed by atoms with Crippen LogP contribution in [0, 0.1) is 5.82 Å². The van der Waals surface area contributed by atoms with Crippen LogP contribution in [-0.4, -0.2) is 24.6 Å². The number of halogens is 1. The highest BCUT2D eigenvalue weighted by Gasteiger charge is 1.95. The van der Waals surface area contributed by atoms with Crippen LogP contribution < -0.4 is 5.32 Å². The fourth-order valence-corrected chi connectivity index (χ4v) is 2.13. The number of thioether (sulfide) groups is 1. The lowest BCUT2D eigenvalue weighted by atomic mass is 10.1. The summed E-state index contributed by atoms with van der Waals surface area (Å²) in [7, 11) is 0. The number of nitrogens with one attached hydrogen (secondary N) is 1. The molecule has 0 amide bonds. The molecule has 3 heteroatoms. The van der Waals surface area contributed by atoms with E-state index >= 15 is 0 Å². The van der Waals surface area contributed by atoms with Gasteiger partial charge in [0.05, 0.1) is 0 Å². The Kier molecular flexibility index (Phi) is 7.26. The van der Waals surface area contributed by atoms with Crippen LogP contribution in [0.4, 0.5) is 4.39 Å². The van der Waals surface area contributed by atoms with Crippen LogP contribution in [0.15, 0.2) is 24.3 Å². The van der Waals surface area contributed by atoms with E-state index in [1.165, 1.54) is 24.0 Å². The van der Waals surface area contributed by atoms with E-state index in [1.54, 1.807) is 12.1 Å². The Bertz CT molecular complexity index is 291. The summed E-state index contributed by atoms with van der Waals surface area (Å²) >= 11 is 1.97. The molecule has 1 aromatic rings. The second-order valence-electron chi connectivity index (χ2n) is 3.68. The van der Waals surface area contributed by atoms with Gasteiger partial charge in [-0.05, 0) is 55.1 Å². The minimum absolute atomic E-state index is 0.142. The second-order valence-corrected chi connectivity index (χ2v) is 5.07. The predicted molar refractivity (Wildman–Crippen MR) is 70.6 cm³/mol. The van der Waals surface area contributed by atoms with E-state index in [-0.39, 0.29) is 5.82 Å². The summed E-state index contributed by atoms with van der Waals surface area (Å²) in [5, 5.41) is 3.38. The zero-order valence-corrected chi connectivity index (χ0v) is 10.7. The van der Waals surface area contributed by atoms with E-state index in [0.717, 1.165) is 25.1 Å². The average Bonchev–Trinajstić information content (AvgIpc) is 2.28. The van der Waals surface area contributed by atoms with Crippen molar-refractivity contribution in [1.29, 1.82) is 0 Å². The highest BCUT2D eigenvalue weighted by Crippen LogP contribution is 2.03. The fourth-order valence-electron chi connectivity index (χ4n) is 1.49. The molecule has 16 heavy (non-hydrogen) atoms. The molecule has 0 aliphatic heterocycles. The molecule has 0 fully saturated rings. The van der Waals surface area contributed by atoms with E-state index in [1.807, 2.05) is 17.8 Å². The van der Waals surface area contributed by atoms with Gasteiger partial charge in [0.1, 0.15) is 5.82 Å². The molecule has 1 rings (SSSR count). The Labute approximate surface area is 102 Å². The van der Waals surface area contributed by atoms with Crippen molar-refractivity contribution in [2.24, 2.45) is 0 Å². The van der Waals surface area contributed by atoms with E-state index in [4.69, 9.17) is 0 Å². The molecule has 0 bridgehead atoms. The molecular weight excluding hydrogens is 221 g/mol. The topological polar surface area (TPSA) is 12.0 Å². The van der Waals surface area contributed by atoms with Gasteiger partial charge in [0.15, 0.2) is 0 Å². The lowest BCUT2D eigenvalue weighted by Crippen LogP contribution is -2.19. The number of hydrogen-bond acceptors (Lipinski definition) is 2. The van der Waals surface area contributed by atoms with E-state index < -0.39 is 0 Å². The molecule has 90 valence electrons. The Morgan fingerprint density at radius 1 is 1.31 bits per heavy atom. The minimum Gasteiger partial charge on any atom is -0.316 e. The van der Waals surface area contributed by atoms with Gasteiger partial charge in [0, 0.05) is 0 Å².